The van der Waals surface area contributed by atoms with Gasteiger partial charge in [-0.05, 0) is 44.4 Å². The molecule has 4 heteroatoms. The van der Waals surface area contributed by atoms with Crippen LogP contribution in [0.5, 0.6) is 0 Å². The number of hydrogen-bond donors (Lipinski definition) is 1. The highest BCUT2D eigenvalue weighted by atomic mass is 16.5. The lowest BCUT2D eigenvalue weighted by Crippen LogP contribution is -2.56. The van der Waals surface area contributed by atoms with E-state index in [-0.39, 0.29) is 6.04 Å². The summed E-state index contributed by atoms with van der Waals surface area (Å²) in [6.45, 7) is 1.73. The summed E-state index contributed by atoms with van der Waals surface area (Å²) < 4.78 is 5.38. The smallest absolute Gasteiger partial charge is 0.239 e. The van der Waals surface area contributed by atoms with Crippen molar-refractivity contribution in [2.75, 3.05) is 20.2 Å². The highest BCUT2D eigenvalue weighted by Gasteiger charge is 2.36. The van der Waals surface area contributed by atoms with Crippen LogP contribution in [0.3, 0.4) is 0 Å². The van der Waals surface area contributed by atoms with Gasteiger partial charge < -0.3 is 15.0 Å². The topological polar surface area (TPSA) is 41.6 Å². The number of fused-ring (bicyclic) bond motifs is 1. The molecule has 0 aromatic heterocycles. The van der Waals surface area contributed by atoms with E-state index < -0.39 is 0 Å². The highest BCUT2D eigenvalue weighted by molar-refractivity contribution is 5.82. The fourth-order valence-electron chi connectivity index (χ4n) is 4.22. The zero-order chi connectivity index (χ0) is 13.9. The van der Waals surface area contributed by atoms with Crippen LogP contribution in [0.2, 0.25) is 0 Å². The number of rotatable bonds is 2. The summed E-state index contributed by atoms with van der Waals surface area (Å²) >= 11 is 0. The molecule has 1 N–H and O–H groups in total. The predicted molar refractivity (Wildman–Crippen MR) is 78.5 cm³/mol. The number of likely N-dealkylation sites (tertiary alicyclic amines) is 1. The second-order valence-electron chi connectivity index (χ2n) is 6.71. The number of carbonyl (C=O) groups is 1. The monoisotopic (exact) mass is 280 g/mol. The van der Waals surface area contributed by atoms with E-state index in [4.69, 9.17) is 4.74 Å². The van der Waals surface area contributed by atoms with Crippen molar-refractivity contribution in [2.24, 2.45) is 5.92 Å². The van der Waals surface area contributed by atoms with Crippen LogP contribution >= 0.6 is 0 Å². The maximum absolute atomic E-state index is 12.6. The van der Waals surface area contributed by atoms with Crippen molar-refractivity contribution in [3.63, 3.8) is 0 Å². The molecule has 2 aliphatic heterocycles. The molecule has 3 rings (SSSR count). The molecular formula is C16H28N2O2. The Morgan fingerprint density at radius 2 is 1.80 bits per heavy atom. The molecular weight excluding hydrogens is 252 g/mol. The summed E-state index contributed by atoms with van der Waals surface area (Å²) in [7, 11) is 1.77. The van der Waals surface area contributed by atoms with Crippen molar-refractivity contribution in [3.8, 4) is 0 Å². The average molecular weight is 280 g/mol. The van der Waals surface area contributed by atoms with Crippen molar-refractivity contribution in [3.05, 3.63) is 0 Å². The maximum atomic E-state index is 12.6. The van der Waals surface area contributed by atoms with Gasteiger partial charge in [-0.3, -0.25) is 4.79 Å². The van der Waals surface area contributed by atoms with Gasteiger partial charge in [0.25, 0.3) is 0 Å². The van der Waals surface area contributed by atoms with Crippen molar-refractivity contribution in [1.82, 2.24) is 10.2 Å². The molecule has 2 heterocycles. The molecule has 114 valence electrons. The van der Waals surface area contributed by atoms with Gasteiger partial charge in [0.1, 0.15) is 0 Å². The van der Waals surface area contributed by atoms with E-state index in [1.807, 2.05) is 0 Å². The maximum Gasteiger partial charge on any atom is 0.239 e. The summed E-state index contributed by atoms with van der Waals surface area (Å²) in [5.41, 5.74) is 0. The van der Waals surface area contributed by atoms with Crippen molar-refractivity contribution >= 4 is 5.91 Å². The van der Waals surface area contributed by atoms with Crippen LogP contribution in [0.4, 0.5) is 0 Å². The van der Waals surface area contributed by atoms with E-state index in [9.17, 15) is 4.79 Å². The number of amides is 1. The van der Waals surface area contributed by atoms with Gasteiger partial charge in [0.2, 0.25) is 5.91 Å². The van der Waals surface area contributed by atoms with Crippen LogP contribution in [0.15, 0.2) is 0 Å². The Morgan fingerprint density at radius 3 is 2.55 bits per heavy atom. The van der Waals surface area contributed by atoms with Crippen molar-refractivity contribution in [2.45, 2.75) is 69.6 Å². The molecule has 4 nitrogen and oxygen atoms in total. The van der Waals surface area contributed by atoms with Gasteiger partial charge in [-0.1, -0.05) is 12.8 Å². The van der Waals surface area contributed by atoms with Gasteiger partial charge in [0.05, 0.1) is 12.1 Å². The predicted octanol–water partition coefficient (Wildman–Crippen LogP) is 1.93. The second-order valence-corrected chi connectivity index (χ2v) is 6.71. The zero-order valence-corrected chi connectivity index (χ0v) is 12.6. The van der Waals surface area contributed by atoms with E-state index in [0.29, 0.717) is 18.1 Å². The molecule has 3 aliphatic rings. The van der Waals surface area contributed by atoms with Crippen LogP contribution in [-0.2, 0) is 9.53 Å². The molecule has 3 fully saturated rings. The average Bonchev–Trinajstić information content (AvgIpc) is 2.54. The fraction of sp³-hybridized carbons (Fsp3) is 0.938. The first-order valence-corrected chi connectivity index (χ1v) is 8.35. The van der Waals surface area contributed by atoms with Gasteiger partial charge in [-0.25, -0.2) is 0 Å². The lowest BCUT2D eigenvalue weighted by molar-refractivity contribution is -0.137. The molecule has 2 saturated heterocycles. The number of methoxy groups -OCH3 is 1. The summed E-state index contributed by atoms with van der Waals surface area (Å²) in [6, 6.07) is 0.677. The normalized spacial score (nSPS) is 35.6. The van der Waals surface area contributed by atoms with E-state index in [1.54, 1.807) is 7.11 Å². The lowest BCUT2D eigenvalue weighted by Gasteiger charge is -2.42. The standard InChI is InChI=1S/C16H28N2O2/c1-20-13-8-10-18(11-9-13)16(19)15-7-6-12-4-2-3-5-14(12)17-15/h12-15,17H,2-11H2,1H3. The summed E-state index contributed by atoms with van der Waals surface area (Å²) in [6.07, 6.45) is 9.92. The molecule has 1 aliphatic carbocycles. The minimum absolute atomic E-state index is 0.0773. The van der Waals surface area contributed by atoms with Crippen LogP contribution in [0.1, 0.15) is 51.4 Å². The Morgan fingerprint density at radius 1 is 1.05 bits per heavy atom. The first-order valence-electron chi connectivity index (χ1n) is 8.35. The number of nitrogens with one attached hydrogen (secondary N) is 1. The quantitative estimate of drug-likeness (QED) is 0.840. The van der Waals surface area contributed by atoms with Gasteiger partial charge in [-0.15, -0.1) is 0 Å². The Kier molecular flexibility index (Phi) is 4.61. The largest absolute Gasteiger partial charge is 0.381 e. The molecule has 0 aromatic rings. The molecule has 0 bridgehead atoms. The molecule has 0 radical (unpaired) electrons. The fourth-order valence-corrected chi connectivity index (χ4v) is 4.22. The van der Waals surface area contributed by atoms with E-state index >= 15 is 0 Å². The molecule has 3 atom stereocenters. The Hall–Kier alpha value is -0.610. The molecule has 3 unspecified atom stereocenters. The number of ether oxygens (including phenoxy) is 1. The molecule has 1 amide bonds. The van der Waals surface area contributed by atoms with Crippen LogP contribution in [-0.4, -0.2) is 49.2 Å². The summed E-state index contributed by atoms with van der Waals surface area (Å²) in [5, 5.41) is 3.66. The number of piperidine rings is 2. The number of carbonyl (C=O) groups excluding carboxylic acids is 1. The van der Waals surface area contributed by atoms with E-state index in [1.165, 1.54) is 32.1 Å². The number of nitrogens with zero attached hydrogens (tertiary/aromatic N) is 1. The van der Waals surface area contributed by atoms with Crippen molar-refractivity contribution < 1.29 is 9.53 Å². The first-order chi connectivity index (χ1) is 9.78. The van der Waals surface area contributed by atoms with E-state index in [2.05, 4.69) is 10.2 Å². The Labute approximate surface area is 122 Å². The zero-order valence-electron chi connectivity index (χ0n) is 12.6. The first kappa shape index (κ1) is 14.3. The van der Waals surface area contributed by atoms with Gasteiger partial charge in [-0.2, -0.15) is 0 Å². The Balaban J connectivity index is 1.52. The minimum Gasteiger partial charge on any atom is -0.381 e. The van der Waals surface area contributed by atoms with E-state index in [0.717, 1.165) is 38.3 Å². The molecule has 20 heavy (non-hydrogen) atoms. The van der Waals surface area contributed by atoms with Gasteiger partial charge in [0, 0.05) is 26.2 Å². The SMILES string of the molecule is COC1CCN(C(=O)C2CCC3CCCCC3N2)CC1. The minimum atomic E-state index is 0.0773. The lowest BCUT2D eigenvalue weighted by atomic mass is 9.77. The second kappa shape index (κ2) is 6.44. The van der Waals surface area contributed by atoms with Crippen LogP contribution in [0, 0.1) is 5.92 Å². The third-order valence-corrected chi connectivity index (χ3v) is 5.54. The summed E-state index contributed by atoms with van der Waals surface area (Å²) in [4.78, 5) is 14.7. The molecule has 1 saturated carbocycles. The Bertz CT molecular complexity index is 339. The molecule has 0 aromatic carbocycles. The van der Waals surface area contributed by atoms with Crippen LogP contribution < -0.4 is 5.32 Å². The van der Waals surface area contributed by atoms with Gasteiger partial charge in [0.15, 0.2) is 0 Å². The summed E-state index contributed by atoms with van der Waals surface area (Å²) in [5.74, 6) is 1.16. The van der Waals surface area contributed by atoms with Crippen LogP contribution in [0.25, 0.3) is 0 Å². The third-order valence-electron chi connectivity index (χ3n) is 5.54. The van der Waals surface area contributed by atoms with Crippen molar-refractivity contribution in [1.29, 1.82) is 0 Å². The molecule has 0 spiro atoms. The highest BCUT2D eigenvalue weighted by Crippen LogP contribution is 2.32. The van der Waals surface area contributed by atoms with Gasteiger partial charge >= 0.3 is 0 Å². The third kappa shape index (κ3) is 3.01. The number of hydrogen-bond acceptors (Lipinski definition) is 3.